The smallest absolute Gasteiger partial charge is 0.416 e. The van der Waals surface area contributed by atoms with E-state index in [1.54, 1.807) is 4.90 Å². The average molecular weight is 354 g/mol. The van der Waals surface area contributed by atoms with Crippen LogP contribution in [0.4, 0.5) is 18.0 Å². The van der Waals surface area contributed by atoms with E-state index in [1.165, 1.54) is 6.07 Å². The maximum absolute atomic E-state index is 12.7. The van der Waals surface area contributed by atoms with Crippen molar-refractivity contribution in [1.29, 1.82) is 0 Å². The van der Waals surface area contributed by atoms with Gasteiger partial charge in [0.2, 0.25) is 0 Å². The molecule has 0 unspecified atom stereocenters. The van der Waals surface area contributed by atoms with Gasteiger partial charge >= 0.3 is 12.3 Å². The molecular weight excluding hydrogens is 332 g/mol. The number of benzene rings is 1. The first-order chi connectivity index (χ1) is 11.5. The lowest BCUT2D eigenvalue weighted by molar-refractivity contribution is -0.137. The number of halogens is 3. The summed E-state index contributed by atoms with van der Waals surface area (Å²) in [7, 11) is 5.77. The first kappa shape index (κ1) is 19.6. The third-order valence-electron chi connectivity index (χ3n) is 3.89. The number of hydrogen-bond acceptors (Lipinski definition) is 3. The van der Waals surface area contributed by atoms with Crippen LogP contribution in [-0.2, 0) is 17.5 Å². The van der Waals surface area contributed by atoms with Gasteiger partial charge in [0, 0.05) is 32.7 Å². The molecule has 1 fully saturated rings. The molecule has 0 N–H and O–H groups in total. The number of alkyl halides is 3. The standard InChI is InChI=1S/C17H22BF3N2O2/c1-16(2,3)25-15(24)23-8-6-22(7-9-23)11-12-4-5-13(10-14(12)18)17(19,20)21/h4-5,10H,6-9,11H2,1-3H3. The summed E-state index contributed by atoms with van der Waals surface area (Å²) in [6.07, 6.45) is -4.74. The topological polar surface area (TPSA) is 32.8 Å². The van der Waals surface area contributed by atoms with Gasteiger partial charge in [0.05, 0.1) is 5.56 Å². The fraction of sp³-hybridized carbons (Fsp3) is 0.588. The summed E-state index contributed by atoms with van der Waals surface area (Å²) >= 11 is 0. The van der Waals surface area contributed by atoms with Crippen molar-refractivity contribution in [3.63, 3.8) is 0 Å². The number of piperazine rings is 1. The van der Waals surface area contributed by atoms with E-state index in [4.69, 9.17) is 12.6 Å². The van der Waals surface area contributed by atoms with Crippen molar-refractivity contribution in [2.75, 3.05) is 26.2 Å². The lowest BCUT2D eigenvalue weighted by atomic mass is 9.88. The minimum atomic E-state index is -4.40. The van der Waals surface area contributed by atoms with Gasteiger partial charge in [-0.25, -0.2) is 4.79 Å². The molecule has 0 spiro atoms. The largest absolute Gasteiger partial charge is 0.444 e. The zero-order chi connectivity index (χ0) is 18.8. The van der Waals surface area contributed by atoms with E-state index >= 15 is 0 Å². The number of amides is 1. The highest BCUT2D eigenvalue weighted by molar-refractivity contribution is 6.33. The number of hydrogen-bond donors (Lipinski definition) is 0. The van der Waals surface area contributed by atoms with Crippen LogP contribution < -0.4 is 5.46 Å². The highest BCUT2D eigenvalue weighted by Crippen LogP contribution is 2.28. The van der Waals surface area contributed by atoms with E-state index in [1.807, 2.05) is 20.8 Å². The van der Waals surface area contributed by atoms with Crippen molar-refractivity contribution in [2.45, 2.75) is 39.1 Å². The van der Waals surface area contributed by atoms with Crippen molar-refractivity contribution in [3.8, 4) is 0 Å². The molecule has 1 aromatic rings. The van der Waals surface area contributed by atoms with Gasteiger partial charge in [-0.05, 0) is 32.4 Å². The summed E-state index contributed by atoms with van der Waals surface area (Å²) in [5.41, 5.74) is -0.505. The maximum Gasteiger partial charge on any atom is 0.416 e. The molecule has 1 heterocycles. The summed E-state index contributed by atoms with van der Waals surface area (Å²) in [5, 5.41) is 0. The summed E-state index contributed by atoms with van der Waals surface area (Å²) < 4.78 is 43.4. The molecule has 0 bridgehead atoms. The SMILES string of the molecule is [B]c1cc(C(F)(F)F)ccc1CN1CCN(C(=O)OC(C)(C)C)CC1. The van der Waals surface area contributed by atoms with E-state index in [9.17, 15) is 18.0 Å². The van der Waals surface area contributed by atoms with Crippen LogP contribution >= 0.6 is 0 Å². The van der Waals surface area contributed by atoms with E-state index in [-0.39, 0.29) is 11.6 Å². The number of ether oxygens (including phenoxy) is 1. The molecule has 1 aliphatic rings. The summed E-state index contributed by atoms with van der Waals surface area (Å²) in [6.45, 7) is 8.13. The normalized spacial score (nSPS) is 16.8. The Morgan fingerprint density at radius 1 is 1.16 bits per heavy atom. The van der Waals surface area contributed by atoms with Crippen LogP contribution in [-0.4, -0.2) is 55.5 Å². The second-order valence-corrected chi connectivity index (χ2v) is 7.15. The molecule has 1 aromatic carbocycles. The molecule has 1 saturated heterocycles. The van der Waals surface area contributed by atoms with Gasteiger partial charge in [0.1, 0.15) is 13.4 Å². The minimum Gasteiger partial charge on any atom is -0.444 e. The van der Waals surface area contributed by atoms with E-state index in [0.29, 0.717) is 38.3 Å². The van der Waals surface area contributed by atoms with Gasteiger partial charge in [-0.1, -0.05) is 17.6 Å². The molecule has 1 aliphatic heterocycles. The Bertz CT molecular complexity index is 621. The molecule has 0 aromatic heterocycles. The predicted octanol–water partition coefficient (Wildman–Crippen LogP) is 2.55. The molecular formula is C17H22BF3N2O2. The molecule has 25 heavy (non-hydrogen) atoms. The molecule has 0 saturated carbocycles. The fourth-order valence-electron chi connectivity index (χ4n) is 2.57. The zero-order valence-corrected chi connectivity index (χ0v) is 14.7. The van der Waals surface area contributed by atoms with Gasteiger partial charge in [-0.2, -0.15) is 13.2 Å². The Hall–Kier alpha value is -1.70. The van der Waals surface area contributed by atoms with Crippen LogP contribution in [0.25, 0.3) is 0 Å². The van der Waals surface area contributed by atoms with E-state index < -0.39 is 17.3 Å². The number of carbonyl (C=O) groups is 1. The molecule has 136 valence electrons. The minimum absolute atomic E-state index is 0.129. The Kier molecular flexibility index (Phi) is 5.71. The second-order valence-electron chi connectivity index (χ2n) is 7.15. The average Bonchev–Trinajstić information content (AvgIpc) is 2.47. The monoisotopic (exact) mass is 354 g/mol. The molecule has 1 amide bonds. The van der Waals surface area contributed by atoms with Crippen molar-refractivity contribution < 1.29 is 22.7 Å². The van der Waals surface area contributed by atoms with Crippen molar-refractivity contribution in [3.05, 3.63) is 29.3 Å². The predicted molar refractivity (Wildman–Crippen MR) is 89.9 cm³/mol. The van der Waals surface area contributed by atoms with Crippen LogP contribution in [0, 0.1) is 0 Å². The van der Waals surface area contributed by atoms with Crippen molar-refractivity contribution in [1.82, 2.24) is 9.80 Å². The molecule has 0 aliphatic carbocycles. The lowest BCUT2D eigenvalue weighted by Gasteiger charge is -2.35. The Balaban J connectivity index is 1.91. The lowest BCUT2D eigenvalue weighted by Crippen LogP contribution is -2.49. The molecule has 0 atom stereocenters. The Morgan fingerprint density at radius 3 is 2.24 bits per heavy atom. The molecule has 4 nitrogen and oxygen atoms in total. The van der Waals surface area contributed by atoms with Gasteiger partial charge in [0.15, 0.2) is 0 Å². The summed E-state index contributed by atoms with van der Waals surface area (Å²) in [5.74, 6) is 0. The van der Waals surface area contributed by atoms with Gasteiger partial charge < -0.3 is 9.64 Å². The quantitative estimate of drug-likeness (QED) is 0.766. The molecule has 2 radical (unpaired) electrons. The second kappa shape index (κ2) is 7.27. The Labute approximate surface area is 147 Å². The maximum atomic E-state index is 12.7. The fourth-order valence-corrected chi connectivity index (χ4v) is 2.57. The van der Waals surface area contributed by atoms with Gasteiger partial charge in [-0.3, -0.25) is 4.90 Å². The van der Waals surface area contributed by atoms with Crippen molar-refractivity contribution >= 4 is 19.4 Å². The summed E-state index contributed by atoms with van der Waals surface area (Å²) in [4.78, 5) is 15.7. The number of carbonyl (C=O) groups excluding carboxylic acids is 1. The van der Waals surface area contributed by atoms with Crippen LogP contribution in [0.2, 0.25) is 0 Å². The van der Waals surface area contributed by atoms with Crippen LogP contribution in [0.1, 0.15) is 31.9 Å². The third-order valence-corrected chi connectivity index (χ3v) is 3.89. The third kappa shape index (κ3) is 5.66. The van der Waals surface area contributed by atoms with Gasteiger partial charge in [0.25, 0.3) is 0 Å². The number of nitrogens with zero attached hydrogens (tertiary/aromatic N) is 2. The van der Waals surface area contributed by atoms with E-state index in [2.05, 4.69) is 4.90 Å². The summed E-state index contributed by atoms with van der Waals surface area (Å²) in [6, 6.07) is 3.42. The van der Waals surface area contributed by atoms with Crippen LogP contribution in [0.15, 0.2) is 18.2 Å². The van der Waals surface area contributed by atoms with Crippen LogP contribution in [0.5, 0.6) is 0 Å². The van der Waals surface area contributed by atoms with Crippen LogP contribution in [0.3, 0.4) is 0 Å². The van der Waals surface area contributed by atoms with Crippen molar-refractivity contribution in [2.24, 2.45) is 0 Å². The highest BCUT2D eigenvalue weighted by Gasteiger charge is 2.31. The first-order valence-electron chi connectivity index (χ1n) is 8.11. The first-order valence-corrected chi connectivity index (χ1v) is 8.11. The highest BCUT2D eigenvalue weighted by atomic mass is 19.4. The number of rotatable bonds is 2. The van der Waals surface area contributed by atoms with E-state index in [0.717, 1.165) is 12.1 Å². The van der Waals surface area contributed by atoms with Gasteiger partial charge in [-0.15, -0.1) is 0 Å². The Morgan fingerprint density at radius 2 is 1.76 bits per heavy atom. The zero-order valence-electron chi connectivity index (χ0n) is 14.7. The molecule has 8 heteroatoms. The molecule has 2 rings (SSSR count).